The summed E-state index contributed by atoms with van der Waals surface area (Å²) in [5.41, 5.74) is -1.47. The Balaban J connectivity index is 1.24. The summed E-state index contributed by atoms with van der Waals surface area (Å²) in [6, 6.07) is -10.0. The molecule has 3 N–H and O–H groups in total. The van der Waals surface area contributed by atoms with E-state index in [4.69, 9.17) is 11.6 Å². The fourth-order valence-corrected chi connectivity index (χ4v) is 15.7. The highest BCUT2D eigenvalue weighted by molar-refractivity contribution is 6.20. The second kappa shape index (κ2) is 33.1. The first-order chi connectivity index (χ1) is 44.0. The maximum Gasteiger partial charge on any atom is 0.248 e. The monoisotopic (exact) mass is 1320 g/mol. The van der Waals surface area contributed by atoms with E-state index in [0.717, 1.165) is 77.0 Å². The summed E-state index contributed by atoms with van der Waals surface area (Å²) in [7, 11) is 8.87. The van der Waals surface area contributed by atoms with Gasteiger partial charge in [-0.3, -0.25) is 57.5 Å². The number of carbonyl (C=O) groups is 12. The smallest absolute Gasteiger partial charge is 0.248 e. The Bertz CT molecular complexity index is 2710. The number of nitrogens with zero attached hydrogens (tertiary/aromatic N) is 9. The van der Waals surface area contributed by atoms with E-state index < -0.39 is 156 Å². The Kier molecular flexibility index (Phi) is 26.4. The van der Waals surface area contributed by atoms with Crippen LogP contribution < -0.4 is 16.0 Å². The fraction of sp³-hybridized carbons (Fsp3) is 0.824. The van der Waals surface area contributed by atoms with Gasteiger partial charge in [0.1, 0.15) is 59.9 Å². The summed E-state index contributed by atoms with van der Waals surface area (Å²) in [5.74, 6) is -7.22. The normalized spacial score (nSPS) is 31.4. The molecule has 24 nitrogen and oxygen atoms in total. The van der Waals surface area contributed by atoms with Gasteiger partial charge in [0.05, 0.1) is 13.0 Å². The highest BCUT2D eigenvalue weighted by Gasteiger charge is 2.51. The predicted octanol–water partition coefficient (Wildman–Crippen LogP) is 4.28. The lowest BCUT2D eigenvalue weighted by molar-refractivity contribution is -0.160. The van der Waals surface area contributed by atoms with Gasteiger partial charge in [0.15, 0.2) is 0 Å². The van der Waals surface area contributed by atoms with E-state index in [9.17, 15) is 43.2 Å². The van der Waals surface area contributed by atoms with Gasteiger partial charge in [-0.15, -0.1) is 11.6 Å². The second-order valence-electron chi connectivity index (χ2n) is 28.9. The Morgan fingerprint density at radius 2 is 1.18 bits per heavy atom. The summed E-state index contributed by atoms with van der Waals surface area (Å²) in [6.07, 6.45) is 14.2. The average molecular weight is 1320 g/mol. The Labute approximate surface area is 557 Å². The molecule has 12 amide bonds. The standard InChI is InChI=1S/C68H111ClN12O12/c1-13-43(4)56-65(91)75(9)45(6)60(86)81-38-32-51(81)63(89)76(10)52(39-47-23-16-14-17-24-47)62(88)73(7)41-54(82)70-49(31-28-46-26-29-48(69)30-27-46)61(87)80-37-22-25-50(80)59(85)72-68(33-18-19-34-68)67(93)78(12)57(42(2)3)66(92)77(11)53(64(90)79-35-20-15-21-36-79)40-55(83)74(8)44(5)58(84)71-56/h42-53,56-57H,13-41H2,1-12H3,(H,70,82)(H,71,84)(H,72,85)/t43-,44-,45-,46?,48?,49-,50-,51-,52-,53-,56-,57-/m0/s1. The minimum Gasteiger partial charge on any atom is -0.343 e. The number of amides is 12. The highest BCUT2D eigenvalue weighted by atomic mass is 35.5. The molecule has 7 fully saturated rings. The third-order valence-electron chi connectivity index (χ3n) is 22.2. The summed E-state index contributed by atoms with van der Waals surface area (Å²) >= 11 is 6.51. The van der Waals surface area contributed by atoms with Crippen molar-refractivity contribution in [1.29, 1.82) is 0 Å². The van der Waals surface area contributed by atoms with Crippen molar-refractivity contribution < 1.29 is 57.5 Å². The van der Waals surface area contributed by atoms with E-state index in [1.54, 1.807) is 39.6 Å². The third-order valence-corrected chi connectivity index (χ3v) is 22.7. The lowest BCUT2D eigenvalue weighted by atomic mass is 9.84. The van der Waals surface area contributed by atoms with Gasteiger partial charge < -0.3 is 60.0 Å². The quantitative estimate of drug-likeness (QED) is 0.273. The zero-order valence-corrected chi connectivity index (χ0v) is 58.6. The number of rotatable bonds is 9. The number of hydrogen-bond acceptors (Lipinski definition) is 12. The molecule has 4 aliphatic heterocycles. The van der Waals surface area contributed by atoms with E-state index >= 15 is 14.4 Å². The molecule has 7 aliphatic rings. The van der Waals surface area contributed by atoms with E-state index in [1.165, 1.54) is 81.4 Å². The molecule has 3 aliphatic carbocycles. The van der Waals surface area contributed by atoms with E-state index in [-0.39, 0.29) is 56.0 Å². The molecule has 0 aromatic rings. The molecule has 4 heterocycles. The third kappa shape index (κ3) is 17.5. The molecule has 93 heavy (non-hydrogen) atoms. The minimum absolute atomic E-state index is 0.0617. The van der Waals surface area contributed by atoms with Crippen molar-refractivity contribution in [2.45, 2.75) is 261 Å². The van der Waals surface area contributed by atoms with Gasteiger partial charge in [-0.2, -0.15) is 0 Å². The Morgan fingerprint density at radius 3 is 1.78 bits per heavy atom. The van der Waals surface area contributed by atoms with Crippen LogP contribution in [0.3, 0.4) is 0 Å². The van der Waals surface area contributed by atoms with Crippen LogP contribution in [0.2, 0.25) is 0 Å². The molecule has 25 heteroatoms. The van der Waals surface area contributed by atoms with Crippen molar-refractivity contribution in [3.8, 4) is 0 Å². The number of likely N-dealkylation sites (N-methyl/N-ethyl adjacent to an activating group) is 6. The highest BCUT2D eigenvalue weighted by Crippen LogP contribution is 2.36. The van der Waals surface area contributed by atoms with Crippen LogP contribution in [0.1, 0.15) is 196 Å². The number of nitrogens with one attached hydrogen (secondary N) is 3. The first-order valence-corrected chi connectivity index (χ1v) is 35.5. The van der Waals surface area contributed by atoms with E-state index in [0.29, 0.717) is 58.0 Å². The summed E-state index contributed by atoms with van der Waals surface area (Å²) in [5, 5.41) is 9.02. The van der Waals surface area contributed by atoms with Crippen LogP contribution in [0.15, 0.2) is 0 Å². The molecule has 1 spiro atoms. The zero-order chi connectivity index (χ0) is 68.3. The number of hydrogen-bond donors (Lipinski definition) is 3. The zero-order valence-electron chi connectivity index (χ0n) is 57.9. The lowest BCUT2D eigenvalue weighted by Crippen LogP contribution is -2.65. The van der Waals surface area contributed by atoms with Gasteiger partial charge in [0, 0.05) is 73.8 Å². The maximum atomic E-state index is 15.4. The van der Waals surface area contributed by atoms with Gasteiger partial charge >= 0.3 is 0 Å². The van der Waals surface area contributed by atoms with Gasteiger partial charge in [-0.25, -0.2) is 0 Å². The van der Waals surface area contributed by atoms with Crippen LogP contribution in [0.5, 0.6) is 0 Å². The molecule has 0 bridgehead atoms. The van der Waals surface area contributed by atoms with Crippen LogP contribution in [-0.2, 0) is 57.5 Å². The molecule has 522 valence electrons. The van der Waals surface area contributed by atoms with Crippen molar-refractivity contribution in [2.24, 2.45) is 23.7 Å². The van der Waals surface area contributed by atoms with Crippen molar-refractivity contribution in [3.63, 3.8) is 0 Å². The first-order valence-electron chi connectivity index (χ1n) is 35.1. The summed E-state index contributed by atoms with van der Waals surface area (Å²) in [6.45, 7) is 11.0. The molecular formula is C68H111ClN12O12. The van der Waals surface area contributed by atoms with Crippen molar-refractivity contribution in [1.82, 2.24) is 60.0 Å². The molecule has 0 unspecified atom stereocenters. The Hall–Kier alpha value is -6.07. The topological polar surface area (TPSA) is 270 Å². The number of likely N-dealkylation sites (tertiary alicyclic amines) is 1. The summed E-state index contributed by atoms with van der Waals surface area (Å²) in [4.78, 5) is 190. The average Bonchev–Trinajstić information content (AvgIpc) is 1.77. The van der Waals surface area contributed by atoms with Crippen LogP contribution in [0.4, 0.5) is 0 Å². The SMILES string of the molecule is CC[C@H](C)[C@@H]1NC(=O)[C@H](C)N(C)C(=O)C[C@@H](C(=O)N2CCCCC2)N(C)C(=O)[C@H](C(C)C)N(C)C(=O)C2(CCCC2)NC(=O)[C@@H]2CCCN2C(=O)[C@H](CCC2CCC(Cl)CC2)NC(=O)CN(C)C(=O)[C@H](CC2CCCCC2)N(C)C(=O)[C@@H]2CCN2C(=O)[C@H](C)N(C)C1=O. The number of fused-ring (bicyclic) bond motifs is 2. The molecule has 0 aromatic heterocycles. The molecule has 4 saturated heterocycles. The predicted molar refractivity (Wildman–Crippen MR) is 351 cm³/mol. The number of alkyl halides is 1. The molecule has 0 radical (unpaired) electrons. The van der Waals surface area contributed by atoms with Crippen LogP contribution >= 0.6 is 11.6 Å². The van der Waals surface area contributed by atoms with Gasteiger partial charge in [-0.05, 0) is 134 Å². The van der Waals surface area contributed by atoms with Crippen LogP contribution in [0.25, 0.3) is 0 Å². The maximum absolute atomic E-state index is 15.4. The van der Waals surface area contributed by atoms with Crippen molar-refractivity contribution >= 4 is 82.5 Å². The molecule has 0 aromatic carbocycles. The summed E-state index contributed by atoms with van der Waals surface area (Å²) < 4.78 is 0. The number of piperidine rings is 1. The van der Waals surface area contributed by atoms with Crippen LogP contribution in [-0.4, -0.2) is 255 Å². The number of carbonyl (C=O) groups excluding carboxylic acids is 12. The number of halogens is 1. The molecular weight excluding hydrogens is 1210 g/mol. The van der Waals surface area contributed by atoms with Gasteiger partial charge in [0.25, 0.3) is 0 Å². The largest absolute Gasteiger partial charge is 0.343 e. The van der Waals surface area contributed by atoms with E-state index in [2.05, 4.69) is 16.0 Å². The second-order valence-corrected chi connectivity index (χ2v) is 29.5. The van der Waals surface area contributed by atoms with E-state index in [1.807, 2.05) is 6.92 Å². The van der Waals surface area contributed by atoms with Crippen LogP contribution in [0, 0.1) is 23.7 Å². The first kappa shape index (κ1) is 74.3. The molecule has 10 atom stereocenters. The van der Waals surface area contributed by atoms with Crippen molar-refractivity contribution in [3.05, 3.63) is 0 Å². The molecule has 3 saturated carbocycles. The van der Waals surface area contributed by atoms with Gasteiger partial charge in [0.2, 0.25) is 70.9 Å². The Morgan fingerprint density at radius 1 is 0.559 bits per heavy atom. The lowest BCUT2D eigenvalue weighted by Gasteiger charge is -2.45. The fourth-order valence-electron chi connectivity index (χ4n) is 15.4. The minimum atomic E-state index is -1.47. The van der Waals surface area contributed by atoms with Gasteiger partial charge in [-0.1, -0.05) is 79.1 Å². The molecule has 7 rings (SSSR count). The van der Waals surface area contributed by atoms with Crippen molar-refractivity contribution in [2.75, 3.05) is 75.0 Å².